The molecule has 1 aromatic carbocycles. The molecule has 0 saturated carbocycles. The second-order valence-corrected chi connectivity index (χ2v) is 5.76. The van der Waals surface area contributed by atoms with E-state index < -0.39 is 24.3 Å². The number of ether oxygens (including phenoxy) is 1. The zero-order valence-corrected chi connectivity index (χ0v) is 14.6. The van der Waals surface area contributed by atoms with Crippen molar-refractivity contribution < 1.29 is 31.1 Å². The SMILES string of the molecule is COc1cc(-c2ncn(/C=C\c3n[nH]nc3CC(F)(F)F)n2)cc(C(F)(F)F)c1. The molecule has 0 amide bonds. The first-order valence-electron chi connectivity index (χ1n) is 7.87. The number of hydrogen-bond acceptors (Lipinski definition) is 5. The van der Waals surface area contributed by atoms with Gasteiger partial charge in [-0.2, -0.15) is 41.8 Å². The summed E-state index contributed by atoms with van der Waals surface area (Å²) < 4.78 is 82.6. The number of benzene rings is 1. The topological polar surface area (TPSA) is 81.5 Å². The lowest BCUT2D eigenvalue weighted by atomic mass is 10.1. The number of methoxy groups -OCH3 is 1. The van der Waals surface area contributed by atoms with Gasteiger partial charge in [-0.1, -0.05) is 0 Å². The minimum atomic E-state index is -4.59. The van der Waals surface area contributed by atoms with Crippen LogP contribution in [-0.4, -0.2) is 43.5 Å². The molecular formula is C16H12F6N6O. The molecule has 0 bridgehead atoms. The van der Waals surface area contributed by atoms with Gasteiger partial charge in [0.05, 0.1) is 24.8 Å². The van der Waals surface area contributed by atoms with Crippen LogP contribution in [0.15, 0.2) is 24.5 Å². The van der Waals surface area contributed by atoms with E-state index in [-0.39, 0.29) is 28.5 Å². The molecule has 29 heavy (non-hydrogen) atoms. The van der Waals surface area contributed by atoms with Gasteiger partial charge in [0.1, 0.15) is 17.8 Å². The fourth-order valence-electron chi connectivity index (χ4n) is 2.35. The summed E-state index contributed by atoms with van der Waals surface area (Å²) in [5.41, 5.74) is -1.24. The van der Waals surface area contributed by atoms with Crippen molar-refractivity contribution in [2.75, 3.05) is 7.11 Å². The quantitative estimate of drug-likeness (QED) is 0.637. The maximum Gasteiger partial charge on any atom is 0.416 e. The Hall–Kier alpha value is -3.38. The molecule has 3 aromatic rings. The number of nitrogens with one attached hydrogen (secondary N) is 1. The summed E-state index contributed by atoms with van der Waals surface area (Å²) in [5, 5.41) is 13.2. The molecule has 2 heterocycles. The number of aromatic amines is 1. The van der Waals surface area contributed by atoms with Crippen molar-refractivity contribution in [3.8, 4) is 17.1 Å². The summed E-state index contributed by atoms with van der Waals surface area (Å²) in [6.45, 7) is 0. The highest BCUT2D eigenvalue weighted by molar-refractivity contribution is 5.61. The smallest absolute Gasteiger partial charge is 0.416 e. The number of H-pyrrole nitrogens is 1. The summed E-state index contributed by atoms with van der Waals surface area (Å²) in [5.74, 6) is -0.0594. The monoisotopic (exact) mass is 418 g/mol. The minimum Gasteiger partial charge on any atom is -0.497 e. The minimum absolute atomic E-state index is 0.0268. The van der Waals surface area contributed by atoms with Crippen LogP contribution in [0.25, 0.3) is 23.7 Å². The van der Waals surface area contributed by atoms with Gasteiger partial charge in [-0.15, -0.1) is 5.10 Å². The van der Waals surface area contributed by atoms with E-state index in [0.717, 1.165) is 16.8 Å². The summed E-state index contributed by atoms with van der Waals surface area (Å²) in [4.78, 5) is 3.92. The largest absolute Gasteiger partial charge is 0.497 e. The molecule has 0 aliphatic carbocycles. The highest BCUT2D eigenvalue weighted by Gasteiger charge is 2.32. The summed E-state index contributed by atoms with van der Waals surface area (Å²) >= 11 is 0. The number of rotatable bonds is 5. The third-order valence-corrected chi connectivity index (χ3v) is 3.64. The molecule has 0 spiro atoms. The van der Waals surface area contributed by atoms with E-state index in [1.807, 2.05) is 0 Å². The Morgan fingerprint density at radius 2 is 1.86 bits per heavy atom. The molecule has 0 aliphatic heterocycles. The predicted molar refractivity (Wildman–Crippen MR) is 88.4 cm³/mol. The third-order valence-electron chi connectivity index (χ3n) is 3.64. The van der Waals surface area contributed by atoms with Crippen LogP contribution < -0.4 is 4.74 Å². The van der Waals surface area contributed by atoms with E-state index in [1.54, 1.807) is 0 Å². The lowest BCUT2D eigenvalue weighted by Gasteiger charge is -2.10. The molecule has 2 aromatic heterocycles. The molecule has 13 heteroatoms. The van der Waals surface area contributed by atoms with Gasteiger partial charge >= 0.3 is 12.4 Å². The van der Waals surface area contributed by atoms with E-state index in [1.165, 1.54) is 31.8 Å². The van der Waals surface area contributed by atoms with Gasteiger partial charge in [0, 0.05) is 11.8 Å². The van der Waals surface area contributed by atoms with Crippen LogP contribution in [0.1, 0.15) is 17.0 Å². The molecule has 154 valence electrons. The molecule has 0 aliphatic rings. The molecule has 0 fully saturated rings. The van der Waals surface area contributed by atoms with Gasteiger partial charge in [-0.3, -0.25) is 0 Å². The first-order valence-corrected chi connectivity index (χ1v) is 7.87. The van der Waals surface area contributed by atoms with Crippen LogP contribution >= 0.6 is 0 Å². The Bertz CT molecular complexity index is 1020. The maximum atomic E-state index is 13.0. The van der Waals surface area contributed by atoms with Gasteiger partial charge in [0.15, 0.2) is 5.82 Å². The van der Waals surface area contributed by atoms with E-state index >= 15 is 0 Å². The Balaban J connectivity index is 1.85. The standard InChI is InChI=1S/C16H12F6N6O/c1-29-11-5-9(4-10(6-11)16(20,21)22)14-23-8-28(26-14)3-2-12-13(25-27-24-12)7-15(17,18)19/h2-6,8H,7H2,1H3,(H,24,25,27)/b3-2-. The van der Waals surface area contributed by atoms with Gasteiger partial charge in [-0.05, 0) is 24.3 Å². The molecule has 0 unspecified atom stereocenters. The normalized spacial score (nSPS) is 12.7. The van der Waals surface area contributed by atoms with Crippen LogP contribution in [0, 0.1) is 0 Å². The van der Waals surface area contributed by atoms with Crippen LogP contribution in [-0.2, 0) is 12.6 Å². The van der Waals surface area contributed by atoms with E-state index in [9.17, 15) is 26.3 Å². The number of hydrogen-bond donors (Lipinski definition) is 1. The maximum absolute atomic E-state index is 13.0. The molecule has 0 atom stereocenters. The number of aromatic nitrogens is 6. The van der Waals surface area contributed by atoms with Gasteiger partial charge < -0.3 is 4.74 Å². The fraction of sp³-hybridized carbons (Fsp3) is 0.250. The Morgan fingerprint density at radius 3 is 2.52 bits per heavy atom. The van der Waals surface area contributed by atoms with Crippen molar-refractivity contribution in [1.29, 1.82) is 0 Å². The van der Waals surface area contributed by atoms with Crippen LogP contribution in [0.4, 0.5) is 26.3 Å². The Labute approximate surface area is 159 Å². The average molecular weight is 418 g/mol. The molecule has 0 radical (unpaired) electrons. The fourth-order valence-corrected chi connectivity index (χ4v) is 2.35. The van der Waals surface area contributed by atoms with Crippen molar-refractivity contribution in [1.82, 2.24) is 30.2 Å². The van der Waals surface area contributed by atoms with Crippen molar-refractivity contribution in [3.05, 3.63) is 41.5 Å². The van der Waals surface area contributed by atoms with Crippen molar-refractivity contribution in [2.24, 2.45) is 0 Å². The Kier molecular flexibility index (Phi) is 5.31. The molecule has 1 N–H and O–H groups in total. The van der Waals surface area contributed by atoms with E-state index in [4.69, 9.17) is 4.74 Å². The van der Waals surface area contributed by atoms with Gasteiger partial charge in [-0.25, -0.2) is 9.67 Å². The van der Waals surface area contributed by atoms with Gasteiger partial charge in [0.2, 0.25) is 0 Å². The van der Waals surface area contributed by atoms with Crippen LogP contribution in [0.3, 0.4) is 0 Å². The molecule has 3 rings (SSSR count). The van der Waals surface area contributed by atoms with Crippen LogP contribution in [0.2, 0.25) is 0 Å². The van der Waals surface area contributed by atoms with Crippen molar-refractivity contribution in [2.45, 2.75) is 18.8 Å². The third kappa shape index (κ3) is 5.12. The molecule has 0 saturated heterocycles. The first kappa shape index (κ1) is 20.4. The lowest BCUT2D eigenvalue weighted by molar-refractivity contribution is -0.137. The van der Waals surface area contributed by atoms with Crippen molar-refractivity contribution >= 4 is 12.3 Å². The van der Waals surface area contributed by atoms with E-state index in [2.05, 4.69) is 25.5 Å². The zero-order valence-electron chi connectivity index (χ0n) is 14.6. The number of nitrogens with zero attached hydrogens (tertiary/aromatic N) is 5. The van der Waals surface area contributed by atoms with Crippen LogP contribution in [0.5, 0.6) is 5.75 Å². The number of halogens is 6. The average Bonchev–Trinajstić information content (AvgIpc) is 3.26. The molecule has 7 nitrogen and oxygen atoms in total. The highest BCUT2D eigenvalue weighted by atomic mass is 19.4. The summed E-state index contributed by atoms with van der Waals surface area (Å²) in [7, 11) is 1.23. The molecular weight excluding hydrogens is 406 g/mol. The first-order chi connectivity index (χ1) is 13.5. The number of alkyl halides is 6. The second-order valence-electron chi connectivity index (χ2n) is 5.76. The van der Waals surface area contributed by atoms with Crippen molar-refractivity contribution in [3.63, 3.8) is 0 Å². The predicted octanol–water partition coefficient (Wildman–Crippen LogP) is 3.82. The van der Waals surface area contributed by atoms with E-state index in [0.29, 0.717) is 0 Å². The highest BCUT2D eigenvalue weighted by Crippen LogP contribution is 2.34. The second kappa shape index (κ2) is 7.56. The Morgan fingerprint density at radius 1 is 1.10 bits per heavy atom. The van der Waals surface area contributed by atoms with Gasteiger partial charge in [0.25, 0.3) is 0 Å². The lowest BCUT2D eigenvalue weighted by Crippen LogP contribution is -2.12. The zero-order chi connectivity index (χ0) is 21.2. The summed E-state index contributed by atoms with van der Waals surface area (Å²) in [6.07, 6.45) is -6.66. The summed E-state index contributed by atoms with van der Waals surface area (Å²) in [6, 6.07) is 3.04.